The summed E-state index contributed by atoms with van der Waals surface area (Å²) in [6.07, 6.45) is 15.1. The number of hydrogen-bond donors (Lipinski definition) is 4. The second-order valence-electron chi connectivity index (χ2n) is 14.5. The first-order valence-corrected chi connectivity index (χ1v) is 20.3. The molecule has 4 aromatic carbocycles. The molecule has 0 saturated heterocycles. The summed E-state index contributed by atoms with van der Waals surface area (Å²) < 4.78 is 0. The van der Waals surface area contributed by atoms with Gasteiger partial charge in [0.25, 0.3) is 0 Å². The number of phenols is 2. The Morgan fingerprint density at radius 1 is 0.482 bits per heavy atom. The van der Waals surface area contributed by atoms with Crippen LogP contribution in [0.2, 0.25) is 0 Å². The van der Waals surface area contributed by atoms with Gasteiger partial charge in [-0.15, -0.1) is 30.0 Å². The molecular formula is C44H54N8O4. The topological polar surface area (TPSA) is 160 Å². The van der Waals surface area contributed by atoms with Gasteiger partial charge in [0, 0.05) is 24.2 Å². The van der Waals surface area contributed by atoms with E-state index in [1.807, 2.05) is 60.7 Å². The van der Waals surface area contributed by atoms with Crippen LogP contribution in [0.1, 0.15) is 113 Å². The largest absolute Gasteiger partial charge is 0.505 e. The van der Waals surface area contributed by atoms with Crippen LogP contribution in [0.5, 0.6) is 11.5 Å². The van der Waals surface area contributed by atoms with E-state index < -0.39 is 11.8 Å². The minimum absolute atomic E-state index is 0.0482. The summed E-state index contributed by atoms with van der Waals surface area (Å²) in [7, 11) is 0. The van der Waals surface area contributed by atoms with Gasteiger partial charge in [-0.25, -0.2) is 0 Å². The molecule has 0 bridgehead atoms. The summed E-state index contributed by atoms with van der Waals surface area (Å²) in [5.41, 5.74) is 6.41. The lowest BCUT2D eigenvalue weighted by Crippen LogP contribution is -2.39. The lowest BCUT2D eigenvalue weighted by molar-refractivity contribution is -0.139. The van der Waals surface area contributed by atoms with Gasteiger partial charge < -0.3 is 20.8 Å². The molecule has 0 aliphatic rings. The fraction of sp³-hybridized carbons (Fsp3) is 0.409. The van der Waals surface area contributed by atoms with E-state index in [0.29, 0.717) is 44.6 Å². The third-order valence-electron chi connectivity index (χ3n) is 10.3. The van der Waals surface area contributed by atoms with E-state index in [-0.39, 0.29) is 24.6 Å². The van der Waals surface area contributed by atoms with E-state index in [1.54, 1.807) is 12.1 Å². The number of carbonyl (C=O) groups excluding carboxylic acids is 2. The van der Waals surface area contributed by atoms with Crippen LogP contribution in [0.4, 0.5) is 0 Å². The standard InChI is InChI=1S/C44H54N8O4/c1-3-5-7-9-11-13-19-31-25-27-33(41(53)39(31)51-47-35-21-15-16-22-36(35)48-51)29-45-43(55)44(56)46-30-34-28-26-32(20-14-12-10-8-6-4-2)40(42(34)54)52-49-37-23-17-18-24-38(37)50-52/h15-18,21-28,53-54H,3-14,19-20,29-30H2,1-2H3,(H,45,55)(H,46,56). The maximum Gasteiger partial charge on any atom is 0.309 e. The van der Waals surface area contributed by atoms with Gasteiger partial charge >= 0.3 is 11.8 Å². The normalized spacial score (nSPS) is 11.4. The van der Waals surface area contributed by atoms with Gasteiger partial charge in [0.05, 0.1) is 0 Å². The van der Waals surface area contributed by atoms with Gasteiger partial charge in [0.15, 0.2) is 0 Å². The molecule has 2 heterocycles. The Bertz CT molecular complexity index is 2020. The number of unbranched alkanes of at least 4 members (excludes halogenated alkanes) is 10. The molecule has 2 aromatic heterocycles. The number of aromatic hydroxyl groups is 2. The highest BCUT2D eigenvalue weighted by Gasteiger charge is 2.22. The van der Waals surface area contributed by atoms with Gasteiger partial charge in [-0.3, -0.25) is 9.59 Å². The molecule has 56 heavy (non-hydrogen) atoms. The van der Waals surface area contributed by atoms with Crippen molar-refractivity contribution in [2.75, 3.05) is 0 Å². The molecule has 0 aliphatic carbocycles. The number of hydrogen-bond acceptors (Lipinski definition) is 8. The van der Waals surface area contributed by atoms with Crippen molar-refractivity contribution in [3.63, 3.8) is 0 Å². The van der Waals surface area contributed by atoms with Gasteiger partial charge in [0.2, 0.25) is 0 Å². The summed E-state index contributed by atoms with van der Waals surface area (Å²) in [6.45, 7) is 4.22. The van der Waals surface area contributed by atoms with Crippen LogP contribution in [-0.4, -0.2) is 52.0 Å². The Morgan fingerprint density at radius 2 is 0.804 bits per heavy atom. The maximum atomic E-state index is 13.1. The first-order chi connectivity index (χ1) is 27.4. The SMILES string of the molecule is CCCCCCCCc1ccc(CNC(=O)C(=O)NCc2ccc(CCCCCCCC)c(-n3nc4ccccc4n3)c2O)c(O)c1-n1nc2ccccc2n1. The molecule has 0 aliphatic heterocycles. The Morgan fingerprint density at radius 3 is 1.16 bits per heavy atom. The lowest BCUT2D eigenvalue weighted by Gasteiger charge is -2.16. The monoisotopic (exact) mass is 758 g/mol. The molecule has 6 rings (SSSR count). The smallest absolute Gasteiger partial charge is 0.309 e. The van der Waals surface area contributed by atoms with Gasteiger partial charge in [-0.2, -0.15) is 0 Å². The second-order valence-corrected chi connectivity index (χ2v) is 14.5. The zero-order chi connectivity index (χ0) is 39.3. The zero-order valence-electron chi connectivity index (χ0n) is 32.6. The van der Waals surface area contributed by atoms with E-state index in [9.17, 15) is 19.8 Å². The summed E-state index contributed by atoms with van der Waals surface area (Å²) in [4.78, 5) is 29.0. The molecule has 0 spiro atoms. The Balaban J connectivity index is 1.13. The zero-order valence-corrected chi connectivity index (χ0v) is 32.6. The second kappa shape index (κ2) is 19.7. The molecule has 0 radical (unpaired) electrons. The van der Waals surface area contributed by atoms with Crippen molar-refractivity contribution in [1.82, 2.24) is 40.6 Å². The van der Waals surface area contributed by atoms with Gasteiger partial charge in [-0.05, 0) is 61.1 Å². The summed E-state index contributed by atoms with van der Waals surface area (Å²) >= 11 is 0. The van der Waals surface area contributed by atoms with E-state index in [1.165, 1.54) is 48.1 Å². The average molecular weight is 759 g/mol. The number of carbonyl (C=O) groups is 2. The fourth-order valence-electron chi connectivity index (χ4n) is 7.08. The average Bonchev–Trinajstić information content (AvgIpc) is 3.84. The molecule has 12 heteroatoms. The van der Waals surface area contributed by atoms with Crippen LogP contribution >= 0.6 is 0 Å². The minimum Gasteiger partial charge on any atom is -0.505 e. The quantitative estimate of drug-likeness (QED) is 0.0447. The number of fused-ring (bicyclic) bond motifs is 2. The van der Waals surface area contributed by atoms with Crippen molar-refractivity contribution in [2.24, 2.45) is 0 Å². The van der Waals surface area contributed by atoms with Crippen molar-refractivity contribution >= 4 is 33.9 Å². The summed E-state index contributed by atoms with van der Waals surface area (Å²) in [5.74, 6) is -1.84. The molecular weight excluding hydrogens is 705 g/mol. The predicted molar refractivity (Wildman–Crippen MR) is 219 cm³/mol. The maximum absolute atomic E-state index is 13.1. The minimum atomic E-state index is -0.871. The van der Waals surface area contributed by atoms with Crippen LogP contribution in [0.3, 0.4) is 0 Å². The number of phenolic OH excluding ortho intramolecular Hbond substituents is 2. The van der Waals surface area contributed by atoms with Crippen molar-refractivity contribution in [2.45, 2.75) is 117 Å². The van der Waals surface area contributed by atoms with E-state index in [0.717, 1.165) is 62.5 Å². The third-order valence-corrected chi connectivity index (χ3v) is 10.3. The molecule has 0 atom stereocenters. The number of nitrogens with zero attached hydrogens (tertiary/aromatic N) is 6. The van der Waals surface area contributed by atoms with Gasteiger partial charge in [-0.1, -0.05) is 127 Å². The van der Waals surface area contributed by atoms with Crippen molar-refractivity contribution in [1.29, 1.82) is 0 Å². The molecule has 294 valence electrons. The van der Waals surface area contributed by atoms with Crippen LogP contribution in [0.25, 0.3) is 33.4 Å². The summed E-state index contributed by atoms with van der Waals surface area (Å²) in [5, 5.41) is 46.9. The van der Waals surface area contributed by atoms with Crippen molar-refractivity contribution in [3.05, 3.63) is 95.1 Å². The molecule has 0 saturated carbocycles. The Kier molecular flexibility index (Phi) is 14.0. The highest BCUT2D eigenvalue weighted by atomic mass is 16.3. The number of aryl methyl sites for hydroxylation is 2. The van der Waals surface area contributed by atoms with Crippen LogP contribution in [0, 0.1) is 0 Å². The molecule has 2 amide bonds. The Hall–Kier alpha value is -5.78. The van der Waals surface area contributed by atoms with E-state index >= 15 is 0 Å². The number of benzene rings is 4. The van der Waals surface area contributed by atoms with Crippen LogP contribution in [-0.2, 0) is 35.5 Å². The summed E-state index contributed by atoms with van der Waals surface area (Å²) in [6, 6.07) is 22.4. The molecule has 0 fully saturated rings. The molecule has 6 aromatic rings. The molecule has 12 nitrogen and oxygen atoms in total. The van der Waals surface area contributed by atoms with E-state index in [4.69, 9.17) is 0 Å². The fourth-order valence-corrected chi connectivity index (χ4v) is 7.08. The number of amides is 2. The molecule has 0 unspecified atom stereocenters. The van der Waals surface area contributed by atoms with Crippen LogP contribution in [0.15, 0.2) is 72.8 Å². The highest BCUT2D eigenvalue weighted by Crippen LogP contribution is 2.33. The van der Waals surface area contributed by atoms with Crippen molar-refractivity contribution in [3.8, 4) is 22.9 Å². The highest BCUT2D eigenvalue weighted by molar-refractivity contribution is 6.35. The number of rotatable bonds is 20. The van der Waals surface area contributed by atoms with Crippen LogP contribution < -0.4 is 10.6 Å². The predicted octanol–water partition coefficient (Wildman–Crippen LogP) is 8.30. The van der Waals surface area contributed by atoms with Crippen molar-refractivity contribution < 1.29 is 19.8 Å². The van der Waals surface area contributed by atoms with E-state index in [2.05, 4.69) is 44.9 Å². The lowest BCUT2D eigenvalue weighted by atomic mass is 10.0. The number of aromatic nitrogens is 6. The Labute approximate surface area is 328 Å². The first-order valence-electron chi connectivity index (χ1n) is 20.3. The van der Waals surface area contributed by atoms with Gasteiger partial charge in [0.1, 0.15) is 44.9 Å². The third kappa shape index (κ3) is 9.90. The number of nitrogens with one attached hydrogen (secondary N) is 2. The molecule has 4 N–H and O–H groups in total. The first kappa shape index (κ1) is 39.9.